The molecule has 11 heteroatoms. The maximum absolute atomic E-state index is 13.8. The van der Waals surface area contributed by atoms with Gasteiger partial charge in [0.15, 0.2) is 10.6 Å². The summed E-state index contributed by atoms with van der Waals surface area (Å²) >= 11 is 1.38. The fraction of sp³-hybridized carbons (Fsp3) is 0.391. The molecule has 3 aromatic rings. The van der Waals surface area contributed by atoms with E-state index in [2.05, 4.69) is 10.2 Å². The number of aromatic nitrogens is 3. The molecule has 0 saturated carbocycles. The third-order valence-electron chi connectivity index (χ3n) is 6.92. The van der Waals surface area contributed by atoms with Crippen LogP contribution in [0.5, 0.6) is 0 Å². The number of amides is 2. The van der Waals surface area contributed by atoms with Crippen LogP contribution in [-0.4, -0.2) is 61.5 Å². The molecule has 3 saturated heterocycles. The summed E-state index contributed by atoms with van der Waals surface area (Å²) in [6.45, 7) is 0.735. The van der Waals surface area contributed by atoms with Gasteiger partial charge in [-0.1, -0.05) is 0 Å². The molecule has 2 aromatic heterocycles. The zero-order valence-electron chi connectivity index (χ0n) is 18.1. The van der Waals surface area contributed by atoms with E-state index in [1.165, 1.54) is 28.3 Å². The van der Waals surface area contributed by atoms with Gasteiger partial charge in [0.1, 0.15) is 17.9 Å². The second-order valence-corrected chi connectivity index (χ2v) is 9.72. The molecule has 0 N–H and O–H groups in total. The molecule has 3 aliphatic rings. The molecule has 3 aliphatic heterocycles. The van der Waals surface area contributed by atoms with Gasteiger partial charge in [0.2, 0.25) is 0 Å². The number of halogens is 2. The SMILES string of the molecule is O=C(c1ccsc1-n1nccn1)N1CCC2(CC1)O[C@@H]1CC[C@@H](c3cc(F)cc(F)c3)N1C2=O. The molecular weight excluding hydrogens is 464 g/mol. The highest BCUT2D eigenvalue weighted by molar-refractivity contribution is 7.12. The van der Waals surface area contributed by atoms with Gasteiger partial charge in [0, 0.05) is 32.0 Å². The van der Waals surface area contributed by atoms with Crippen molar-refractivity contribution in [3.63, 3.8) is 0 Å². The third-order valence-corrected chi connectivity index (χ3v) is 7.80. The predicted octanol–water partition coefficient (Wildman–Crippen LogP) is 3.30. The van der Waals surface area contributed by atoms with E-state index in [0.717, 1.165) is 6.07 Å². The maximum atomic E-state index is 13.8. The van der Waals surface area contributed by atoms with E-state index in [9.17, 15) is 18.4 Å². The lowest BCUT2D eigenvalue weighted by Gasteiger charge is -2.37. The second kappa shape index (κ2) is 7.95. The molecule has 176 valence electrons. The van der Waals surface area contributed by atoms with Crippen molar-refractivity contribution in [3.8, 4) is 5.00 Å². The summed E-state index contributed by atoms with van der Waals surface area (Å²) in [5.74, 6) is -1.62. The molecule has 0 unspecified atom stereocenters. The number of nitrogens with zero attached hydrogens (tertiary/aromatic N) is 5. The summed E-state index contributed by atoms with van der Waals surface area (Å²) in [5, 5.41) is 10.7. The summed E-state index contributed by atoms with van der Waals surface area (Å²) < 4.78 is 33.9. The summed E-state index contributed by atoms with van der Waals surface area (Å²) in [6, 6.07) is 4.72. The molecule has 1 spiro atoms. The number of hydrogen-bond acceptors (Lipinski definition) is 6. The van der Waals surface area contributed by atoms with Gasteiger partial charge < -0.3 is 14.5 Å². The zero-order valence-corrected chi connectivity index (χ0v) is 18.9. The molecule has 2 amide bonds. The Kier molecular flexibility index (Phi) is 4.99. The van der Waals surface area contributed by atoms with Crippen LogP contribution in [0.25, 0.3) is 5.00 Å². The maximum Gasteiger partial charge on any atom is 0.257 e. The Labute approximate surface area is 197 Å². The number of benzene rings is 1. The van der Waals surface area contributed by atoms with Crippen molar-refractivity contribution >= 4 is 23.2 Å². The standard InChI is InChI=1S/C23H21F2N5O3S/c24-15-11-14(12-16(25)13-15)18-1-2-19-29(18)22(32)23(33-19)4-8-28(9-5-23)20(31)17-3-10-34-21(17)30-26-6-7-27-30/h3,6-7,10-13,18-19H,1-2,4-5,8-9H2/t18-,19+/m0/s1. The monoisotopic (exact) mass is 485 g/mol. The van der Waals surface area contributed by atoms with Crippen molar-refractivity contribution < 1.29 is 23.1 Å². The minimum absolute atomic E-state index is 0.137. The van der Waals surface area contributed by atoms with Gasteiger partial charge in [0.25, 0.3) is 11.8 Å². The first-order valence-corrected chi connectivity index (χ1v) is 12.0. The largest absolute Gasteiger partial charge is 0.342 e. The highest BCUT2D eigenvalue weighted by atomic mass is 32.1. The fourth-order valence-corrected chi connectivity index (χ4v) is 6.12. The van der Waals surface area contributed by atoms with E-state index in [1.807, 2.05) is 5.38 Å². The van der Waals surface area contributed by atoms with Gasteiger partial charge in [-0.15, -0.1) is 16.1 Å². The lowest BCUT2D eigenvalue weighted by atomic mass is 9.89. The van der Waals surface area contributed by atoms with Crippen LogP contribution < -0.4 is 0 Å². The summed E-state index contributed by atoms with van der Waals surface area (Å²) in [4.78, 5) is 31.5. The van der Waals surface area contributed by atoms with Gasteiger partial charge in [-0.2, -0.15) is 10.2 Å². The van der Waals surface area contributed by atoms with Crippen molar-refractivity contribution in [1.29, 1.82) is 0 Å². The number of hydrogen-bond donors (Lipinski definition) is 0. The number of carbonyl (C=O) groups is 2. The molecule has 2 atom stereocenters. The molecule has 0 radical (unpaired) electrons. The first kappa shape index (κ1) is 21.4. The number of likely N-dealkylation sites (tertiary alicyclic amines) is 1. The second-order valence-electron chi connectivity index (χ2n) is 8.83. The topological polar surface area (TPSA) is 80.6 Å². The average molecular weight is 486 g/mol. The Bertz CT molecular complexity index is 1240. The van der Waals surface area contributed by atoms with E-state index in [4.69, 9.17) is 4.74 Å². The number of ether oxygens (including phenoxy) is 1. The molecule has 1 aromatic carbocycles. The van der Waals surface area contributed by atoms with Crippen molar-refractivity contribution in [1.82, 2.24) is 24.8 Å². The van der Waals surface area contributed by atoms with Crippen LogP contribution in [0.2, 0.25) is 0 Å². The number of thiophene rings is 1. The van der Waals surface area contributed by atoms with Gasteiger partial charge >= 0.3 is 0 Å². The molecule has 5 heterocycles. The van der Waals surface area contributed by atoms with Crippen LogP contribution in [0.3, 0.4) is 0 Å². The normalized spacial score (nSPS) is 23.6. The van der Waals surface area contributed by atoms with Crippen LogP contribution in [0.15, 0.2) is 42.0 Å². The molecular formula is C23H21F2N5O3S. The third kappa shape index (κ3) is 3.33. The first-order chi connectivity index (χ1) is 16.4. The van der Waals surface area contributed by atoms with Crippen LogP contribution in [-0.2, 0) is 9.53 Å². The quantitative estimate of drug-likeness (QED) is 0.569. The van der Waals surface area contributed by atoms with Crippen LogP contribution in [0.1, 0.15) is 47.6 Å². The molecule has 6 rings (SSSR count). The minimum Gasteiger partial charge on any atom is -0.342 e. The first-order valence-electron chi connectivity index (χ1n) is 11.2. The van der Waals surface area contributed by atoms with Gasteiger partial charge in [0.05, 0.1) is 24.0 Å². The number of rotatable bonds is 3. The Hall–Kier alpha value is -3.18. The zero-order chi connectivity index (χ0) is 23.4. The number of piperidine rings is 1. The smallest absolute Gasteiger partial charge is 0.257 e. The lowest BCUT2D eigenvalue weighted by Crippen LogP contribution is -2.51. The van der Waals surface area contributed by atoms with Gasteiger partial charge in [-0.05, 0) is 42.0 Å². The Morgan fingerprint density at radius 3 is 2.50 bits per heavy atom. The van der Waals surface area contributed by atoms with E-state index < -0.39 is 29.5 Å². The van der Waals surface area contributed by atoms with E-state index >= 15 is 0 Å². The molecule has 0 bridgehead atoms. The number of carbonyl (C=O) groups excluding carboxylic acids is 2. The van der Waals surface area contributed by atoms with Gasteiger partial charge in [-0.25, -0.2) is 8.78 Å². The fourth-order valence-electron chi connectivity index (χ4n) is 5.32. The Morgan fingerprint density at radius 2 is 1.79 bits per heavy atom. The Morgan fingerprint density at radius 1 is 1.09 bits per heavy atom. The number of fused-ring (bicyclic) bond motifs is 1. The van der Waals surface area contributed by atoms with Crippen LogP contribution in [0, 0.1) is 11.6 Å². The van der Waals surface area contributed by atoms with E-state index in [1.54, 1.807) is 28.3 Å². The van der Waals surface area contributed by atoms with Crippen LogP contribution >= 0.6 is 11.3 Å². The average Bonchev–Trinajstić information content (AvgIpc) is 3.60. The summed E-state index contributed by atoms with van der Waals surface area (Å²) in [7, 11) is 0. The van der Waals surface area contributed by atoms with Crippen molar-refractivity contribution in [3.05, 3.63) is 64.8 Å². The van der Waals surface area contributed by atoms with E-state index in [-0.39, 0.29) is 11.8 Å². The molecule has 3 fully saturated rings. The minimum atomic E-state index is -1.01. The molecule has 8 nitrogen and oxygen atoms in total. The Balaban J connectivity index is 1.18. The van der Waals surface area contributed by atoms with Crippen LogP contribution in [0.4, 0.5) is 8.78 Å². The van der Waals surface area contributed by atoms with Gasteiger partial charge in [-0.3, -0.25) is 9.59 Å². The van der Waals surface area contributed by atoms with Crippen molar-refractivity contribution in [2.45, 2.75) is 43.6 Å². The highest BCUT2D eigenvalue weighted by Gasteiger charge is 2.58. The summed E-state index contributed by atoms with van der Waals surface area (Å²) in [5.41, 5.74) is -0.0454. The van der Waals surface area contributed by atoms with Crippen molar-refractivity contribution in [2.75, 3.05) is 13.1 Å². The highest BCUT2D eigenvalue weighted by Crippen LogP contribution is 2.48. The van der Waals surface area contributed by atoms with E-state index in [0.29, 0.717) is 54.9 Å². The summed E-state index contributed by atoms with van der Waals surface area (Å²) in [6.07, 6.45) is 4.62. The lowest BCUT2D eigenvalue weighted by molar-refractivity contribution is -0.142. The molecule has 0 aliphatic carbocycles. The van der Waals surface area contributed by atoms with Crippen molar-refractivity contribution in [2.24, 2.45) is 0 Å². The molecule has 34 heavy (non-hydrogen) atoms. The predicted molar refractivity (Wildman–Crippen MR) is 117 cm³/mol.